The van der Waals surface area contributed by atoms with E-state index in [1.807, 2.05) is 25.1 Å². The van der Waals surface area contributed by atoms with Gasteiger partial charge in [-0.1, -0.05) is 11.6 Å². The van der Waals surface area contributed by atoms with Gasteiger partial charge in [0.05, 0.1) is 11.4 Å². The highest BCUT2D eigenvalue weighted by Crippen LogP contribution is 2.34. The third kappa shape index (κ3) is 3.54. The third-order valence-electron chi connectivity index (χ3n) is 3.22. The van der Waals surface area contributed by atoms with Crippen molar-refractivity contribution >= 4 is 42.9 Å². The smallest absolute Gasteiger partial charge is 0.265 e. The van der Waals surface area contributed by atoms with Crippen molar-refractivity contribution in [3.8, 4) is 0 Å². The van der Waals surface area contributed by atoms with E-state index in [2.05, 4.69) is 0 Å². The largest absolute Gasteiger partial charge is 0.397 e. The predicted molar refractivity (Wildman–Crippen MR) is 87.6 cm³/mol. The van der Waals surface area contributed by atoms with Crippen LogP contribution in [0.15, 0.2) is 18.2 Å². The molecule has 0 aliphatic carbocycles. The summed E-state index contributed by atoms with van der Waals surface area (Å²) in [5.41, 5.74) is 7.62. The number of nitrogen functional groups attached to an aromatic ring is 1. The maximum absolute atomic E-state index is 12.4. The van der Waals surface area contributed by atoms with Gasteiger partial charge in [0, 0.05) is 29.9 Å². The zero-order valence-electron chi connectivity index (χ0n) is 12.2. The number of thiophene rings is 1. The lowest BCUT2D eigenvalue weighted by atomic mass is 10.1. The average molecular weight is 326 g/mol. The van der Waals surface area contributed by atoms with Crippen LogP contribution in [0.5, 0.6) is 0 Å². The van der Waals surface area contributed by atoms with Crippen molar-refractivity contribution in [3.63, 3.8) is 0 Å². The summed E-state index contributed by atoms with van der Waals surface area (Å²) in [4.78, 5) is 14.3. The van der Waals surface area contributed by atoms with Gasteiger partial charge in [-0.05, 0) is 19.1 Å². The molecule has 7 heteroatoms. The Hall–Kier alpha value is -1.60. The quantitative estimate of drug-likeness (QED) is 0.930. The predicted octanol–water partition coefficient (Wildman–Crippen LogP) is 1.91. The molecule has 0 fully saturated rings. The highest BCUT2D eigenvalue weighted by Gasteiger charge is 2.20. The monoisotopic (exact) mass is 326 g/mol. The summed E-state index contributed by atoms with van der Waals surface area (Å²) in [6, 6.07) is 5.87. The van der Waals surface area contributed by atoms with Crippen LogP contribution in [0, 0.1) is 6.92 Å². The molecule has 0 saturated carbocycles. The summed E-state index contributed by atoms with van der Waals surface area (Å²) < 4.78 is 23.3. The maximum Gasteiger partial charge on any atom is 0.265 e. The average Bonchev–Trinajstić information content (AvgIpc) is 2.71. The van der Waals surface area contributed by atoms with Crippen LogP contribution in [-0.4, -0.2) is 44.8 Å². The standard InChI is InChI=1S/C14H18N2O3S2/c1-9-4-5-11-10(8-9)12(15)13(20-11)14(17)16(2)6-7-21(3,18)19/h4-5,8H,6-7,15H2,1-3H3. The number of aryl methyl sites for hydroxylation is 1. The third-order valence-corrected chi connectivity index (χ3v) is 5.32. The highest BCUT2D eigenvalue weighted by molar-refractivity contribution is 7.90. The molecule has 1 heterocycles. The minimum Gasteiger partial charge on any atom is -0.397 e. The normalized spacial score (nSPS) is 11.8. The first-order chi connectivity index (χ1) is 9.69. The number of nitrogens with zero attached hydrogens (tertiary/aromatic N) is 1. The van der Waals surface area contributed by atoms with E-state index in [0.717, 1.165) is 21.9 Å². The highest BCUT2D eigenvalue weighted by atomic mass is 32.2. The zero-order chi connectivity index (χ0) is 15.8. The van der Waals surface area contributed by atoms with Gasteiger partial charge in [-0.25, -0.2) is 8.42 Å². The Balaban J connectivity index is 2.29. The van der Waals surface area contributed by atoms with E-state index in [9.17, 15) is 13.2 Å². The second-order valence-electron chi connectivity index (χ2n) is 5.20. The van der Waals surface area contributed by atoms with Crippen LogP contribution >= 0.6 is 11.3 Å². The number of rotatable bonds is 4. The lowest BCUT2D eigenvalue weighted by Gasteiger charge is -2.15. The molecular weight excluding hydrogens is 308 g/mol. The fourth-order valence-electron chi connectivity index (χ4n) is 1.97. The number of sulfone groups is 1. The van der Waals surface area contributed by atoms with Crippen LogP contribution in [-0.2, 0) is 9.84 Å². The molecule has 5 nitrogen and oxygen atoms in total. The van der Waals surface area contributed by atoms with Gasteiger partial charge in [0.2, 0.25) is 0 Å². The van der Waals surface area contributed by atoms with E-state index in [1.54, 1.807) is 7.05 Å². The number of benzene rings is 1. The van der Waals surface area contributed by atoms with E-state index >= 15 is 0 Å². The van der Waals surface area contributed by atoms with Crippen LogP contribution in [0.3, 0.4) is 0 Å². The van der Waals surface area contributed by atoms with Gasteiger partial charge in [-0.15, -0.1) is 11.3 Å². The Morgan fingerprint density at radius 2 is 2.05 bits per heavy atom. The fraction of sp³-hybridized carbons (Fsp3) is 0.357. The summed E-state index contributed by atoms with van der Waals surface area (Å²) >= 11 is 1.34. The minimum atomic E-state index is -3.10. The summed E-state index contributed by atoms with van der Waals surface area (Å²) in [5.74, 6) is -0.297. The Labute approximate surface area is 128 Å². The van der Waals surface area contributed by atoms with Crippen LogP contribution in [0.25, 0.3) is 10.1 Å². The number of carbonyl (C=O) groups excluding carboxylic acids is 1. The SMILES string of the molecule is Cc1ccc2sc(C(=O)N(C)CCS(C)(=O)=O)c(N)c2c1. The Morgan fingerprint density at radius 3 is 2.67 bits per heavy atom. The number of hydrogen-bond acceptors (Lipinski definition) is 5. The van der Waals surface area contributed by atoms with Gasteiger partial charge >= 0.3 is 0 Å². The molecule has 1 aromatic carbocycles. The second kappa shape index (κ2) is 5.65. The Kier molecular flexibility index (Phi) is 4.25. The molecule has 0 unspecified atom stereocenters. The van der Waals surface area contributed by atoms with E-state index < -0.39 is 9.84 Å². The lowest BCUT2D eigenvalue weighted by Crippen LogP contribution is -2.31. The lowest BCUT2D eigenvalue weighted by molar-refractivity contribution is 0.0809. The van der Waals surface area contributed by atoms with Crippen molar-refractivity contribution < 1.29 is 13.2 Å². The Morgan fingerprint density at radius 1 is 1.38 bits per heavy atom. The molecular formula is C14H18N2O3S2. The fourth-order valence-corrected chi connectivity index (χ4v) is 3.67. The van der Waals surface area contributed by atoms with Gasteiger partial charge in [-0.3, -0.25) is 4.79 Å². The van der Waals surface area contributed by atoms with Crippen molar-refractivity contribution in [2.75, 3.05) is 31.3 Å². The van der Waals surface area contributed by atoms with Crippen LogP contribution in [0.1, 0.15) is 15.2 Å². The van der Waals surface area contributed by atoms with E-state index in [0.29, 0.717) is 10.6 Å². The number of anilines is 1. The first kappa shape index (κ1) is 15.8. The van der Waals surface area contributed by atoms with E-state index in [-0.39, 0.29) is 18.2 Å². The zero-order valence-corrected chi connectivity index (χ0v) is 13.8. The molecule has 2 N–H and O–H groups in total. The first-order valence-corrected chi connectivity index (χ1v) is 9.28. The van der Waals surface area contributed by atoms with Crippen molar-refractivity contribution in [1.29, 1.82) is 0 Å². The van der Waals surface area contributed by atoms with E-state index in [1.165, 1.54) is 16.2 Å². The van der Waals surface area contributed by atoms with Gasteiger partial charge in [0.1, 0.15) is 14.7 Å². The second-order valence-corrected chi connectivity index (χ2v) is 8.51. The first-order valence-electron chi connectivity index (χ1n) is 6.41. The van der Waals surface area contributed by atoms with Gasteiger partial charge in [0.25, 0.3) is 5.91 Å². The molecule has 1 amide bonds. The van der Waals surface area contributed by atoms with Crippen molar-refractivity contribution in [3.05, 3.63) is 28.6 Å². The molecule has 0 aliphatic rings. The van der Waals surface area contributed by atoms with Crippen LogP contribution < -0.4 is 5.73 Å². The van der Waals surface area contributed by atoms with Crippen molar-refractivity contribution in [2.24, 2.45) is 0 Å². The van der Waals surface area contributed by atoms with Crippen LogP contribution in [0.4, 0.5) is 5.69 Å². The summed E-state index contributed by atoms with van der Waals surface area (Å²) in [7, 11) is -1.51. The topological polar surface area (TPSA) is 80.5 Å². The van der Waals surface area contributed by atoms with Gasteiger partial charge in [-0.2, -0.15) is 0 Å². The summed E-state index contributed by atoms with van der Waals surface area (Å²) in [6.07, 6.45) is 1.15. The number of fused-ring (bicyclic) bond motifs is 1. The molecule has 0 saturated heterocycles. The molecule has 2 rings (SSSR count). The molecule has 0 aliphatic heterocycles. The van der Waals surface area contributed by atoms with E-state index in [4.69, 9.17) is 5.73 Å². The van der Waals surface area contributed by atoms with Gasteiger partial charge in [0.15, 0.2) is 0 Å². The molecule has 0 bridgehead atoms. The molecule has 114 valence electrons. The number of carbonyl (C=O) groups is 1. The minimum absolute atomic E-state index is 0.0564. The number of nitrogens with two attached hydrogens (primary N) is 1. The number of amides is 1. The molecule has 0 radical (unpaired) electrons. The van der Waals surface area contributed by atoms with Crippen LogP contribution in [0.2, 0.25) is 0 Å². The Bertz CT molecular complexity index is 794. The molecule has 0 spiro atoms. The molecule has 2 aromatic rings. The molecule has 21 heavy (non-hydrogen) atoms. The van der Waals surface area contributed by atoms with Crippen molar-refractivity contribution in [2.45, 2.75) is 6.92 Å². The van der Waals surface area contributed by atoms with Gasteiger partial charge < -0.3 is 10.6 Å². The maximum atomic E-state index is 12.4. The van der Waals surface area contributed by atoms with Crippen molar-refractivity contribution in [1.82, 2.24) is 4.90 Å². The number of hydrogen-bond donors (Lipinski definition) is 1. The summed E-state index contributed by atoms with van der Waals surface area (Å²) in [5, 5.41) is 0.875. The molecule has 0 atom stereocenters. The molecule has 1 aromatic heterocycles. The summed E-state index contributed by atoms with van der Waals surface area (Å²) in [6.45, 7) is 2.13.